The van der Waals surface area contributed by atoms with Gasteiger partial charge in [-0.3, -0.25) is 4.79 Å². The van der Waals surface area contributed by atoms with E-state index in [-0.39, 0.29) is 18.1 Å². The number of unbranched alkanes of at least 4 members (excludes halogenated alkanes) is 1. The molecule has 1 aromatic carbocycles. The number of likely N-dealkylation sites (tertiary alicyclic amines) is 1. The summed E-state index contributed by atoms with van der Waals surface area (Å²) in [6.45, 7) is 5.52. The second kappa shape index (κ2) is 8.18. The Morgan fingerprint density at radius 1 is 1.29 bits per heavy atom. The van der Waals surface area contributed by atoms with E-state index in [2.05, 4.69) is 31.2 Å². The average molecular weight is 289 g/mol. The molecular weight excluding hydrogens is 262 g/mol. The molecule has 0 saturated carbocycles. The molecule has 0 bridgehead atoms. The summed E-state index contributed by atoms with van der Waals surface area (Å²) >= 11 is 0. The number of carbonyl (C=O) groups excluding carboxylic acids is 1. The van der Waals surface area contributed by atoms with Gasteiger partial charge in [-0.15, -0.1) is 0 Å². The molecule has 1 amide bonds. The van der Waals surface area contributed by atoms with Gasteiger partial charge in [-0.1, -0.05) is 50.1 Å². The van der Waals surface area contributed by atoms with Crippen LogP contribution < -0.4 is 0 Å². The van der Waals surface area contributed by atoms with Crippen molar-refractivity contribution < 1.29 is 9.53 Å². The van der Waals surface area contributed by atoms with Crippen LogP contribution in [0.5, 0.6) is 0 Å². The zero-order chi connectivity index (χ0) is 15.1. The van der Waals surface area contributed by atoms with E-state index in [0.717, 1.165) is 32.4 Å². The topological polar surface area (TPSA) is 29.5 Å². The molecule has 21 heavy (non-hydrogen) atoms. The Kier molecular flexibility index (Phi) is 6.24. The van der Waals surface area contributed by atoms with Crippen LogP contribution in [0.1, 0.15) is 57.6 Å². The molecule has 1 fully saturated rings. The molecule has 1 unspecified atom stereocenters. The van der Waals surface area contributed by atoms with Gasteiger partial charge in [0.1, 0.15) is 0 Å². The molecule has 3 heteroatoms. The Hall–Kier alpha value is -1.35. The smallest absolute Gasteiger partial charge is 0.219 e. The van der Waals surface area contributed by atoms with Crippen molar-refractivity contribution in [2.75, 3.05) is 13.1 Å². The van der Waals surface area contributed by atoms with Gasteiger partial charge in [-0.2, -0.15) is 0 Å². The summed E-state index contributed by atoms with van der Waals surface area (Å²) in [6.07, 6.45) is 5.83. The van der Waals surface area contributed by atoms with Gasteiger partial charge in [0.2, 0.25) is 5.91 Å². The molecule has 0 aromatic heterocycles. The number of amides is 1. The maximum Gasteiger partial charge on any atom is 0.219 e. The number of piperidine rings is 1. The van der Waals surface area contributed by atoms with Crippen molar-refractivity contribution in [2.24, 2.45) is 0 Å². The van der Waals surface area contributed by atoms with Gasteiger partial charge >= 0.3 is 0 Å². The minimum absolute atomic E-state index is 0.180. The van der Waals surface area contributed by atoms with Gasteiger partial charge in [-0.05, 0) is 24.8 Å². The highest BCUT2D eigenvalue weighted by molar-refractivity contribution is 5.73. The van der Waals surface area contributed by atoms with E-state index in [9.17, 15) is 4.79 Å². The van der Waals surface area contributed by atoms with Crippen LogP contribution >= 0.6 is 0 Å². The van der Waals surface area contributed by atoms with Crippen molar-refractivity contribution in [2.45, 2.75) is 58.2 Å². The van der Waals surface area contributed by atoms with Gasteiger partial charge in [0.15, 0.2) is 0 Å². The highest BCUT2D eigenvalue weighted by Crippen LogP contribution is 2.28. The number of benzene rings is 1. The molecule has 2 rings (SSSR count). The molecular formula is C18H27NO2. The summed E-state index contributed by atoms with van der Waals surface area (Å²) in [7, 11) is 0. The van der Waals surface area contributed by atoms with E-state index < -0.39 is 0 Å². The van der Waals surface area contributed by atoms with E-state index in [0.29, 0.717) is 0 Å². The molecule has 0 radical (unpaired) electrons. The van der Waals surface area contributed by atoms with Crippen LogP contribution in [-0.4, -0.2) is 30.0 Å². The normalized spacial score (nSPS) is 17.7. The maximum atomic E-state index is 11.4. The Morgan fingerprint density at radius 3 is 2.52 bits per heavy atom. The van der Waals surface area contributed by atoms with E-state index in [1.807, 2.05) is 11.0 Å². The molecule has 0 spiro atoms. The van der Waals surface area contributed by atoms with Crippen molar-refractivity contribution in [3.05, 3.63) is 35.9 Å². The third-order valence-corrected chi connectivity index (χ3v) is 4.24. The Balaban J connectivity index is 1.92. The Bertz CT molecular complexity index is 424. The third-order valence-electron chi connectivity index (χ3n) is 4.24. The molecule has 1 aromatic rings. The van der Waals surface area contributed by atoms with Crippen LogP contribution in [0.25, 0.3) is 0 Å². The second-order valence-corrected chi connectivity index (χ2v) is 5.88. The lowest BCUT2D eigenvalue weighted by molar-refractivity contribution is -0.132. The van der Waals surface area contributed by atoms with Crippen LogP contribution in [0.15, 0.2) is 30.3 Å². The van der Waals surface area contributed by atoms with Crippen molar-refractivity contribution in [3.63, 3.8) is 0 Å². The Labute approximate surface area is 128 Å². The minimum atomic E-state index is 0.180. The largest absolute Gasteiger partial charge is 0.370 e. The lowest BCUT2D eigenvalue weighted by atomic mass is 10.0. The molecule has 1 aliphatic heterocycles. The number of carbonyl (C=O) groups is 1. The van der Waals surface area contributed by atoms with Crippen LogP contribution in [0.2, 0.25) is 0 Å². The zero-order valence-electron chi connectivity index (χ0n) is 13.3. The highest BCUT2D eigenvalue weighted by Gasteiger charge is 2.24. The standard InChI is InChI=1S/C18H27NO2/c1-3-4-10-18(16-8-6-5-7-9-16)21-17-11-13-19(14-12-17)15(2)20/h5-9,17-18H,3-4,10-14H2,1-2H3. The molecule has 0 N–H and O–H groups in total. The first-order valence-corrected chi connectivity index (χ1v) is 8.16. The number of nitrogens with zero attached hydrogens (tertiary/aromatic N) is 1. The minimum Gasteiger partial charge on any atom is -0.370 e. The molecule has 3 nitrogen and oxygen atoms in total. The number of hydrogen-bond acceptors (Lipinski definition) is 2. The first-order chi connectivity index (χ1) is 10.2. The molecule has 1 saturated heterocycles. The fourth-order valence-electron chi connectivity index (χ4n) is 2.91. The number of ether oxygens (including phenoxy) is 1. The highest BCUT2D eigenvalue weighted by atomic mass is 16.5. The van der Waals surface area contributed by atoms with Gasteiger partial charge in [-0.25, -0.2) is 0 Å². The van der Waals surface area contributed by atoms with Crippen LogP contribution in [0.4, 0.5) is 0 Å². The first-order valence-electron chi connectivity index (χ1n) is 8.16. The van der Waals surface area contributed by atoms with Crippen molar-refractivity contribution in [1.29, 1.82) is 0 Å². The SMILES string of the molecule is CCCCC(OC1CCN(C(C)=O)CC1)c1ccccc1. The van der Waals surface area contributed by atoms with Crippen LogP contribution in [0.3, 0.4) is 0 Å². The van der Waals surface area contributed by atoms with Gasteiger partial charge in [0.25, 0.3) is 0 Å². The quantitative estimate of drug-likeness (QED) is 0.793. The molecule has 116 valence electrons. The summed E-state index contributed by atoms with van der Waals surface area (Å²) in [5.41, 5.74) is 1.28. The van der Waals surface area contributed by atoms with Crippen molar-refractivity contribution in [1.82, 2.24) is 4.90 Å². The van der Waals surface area contributed by atoms with Crippen molar-refractivity contribution in [3.8, 4) is 0 Å². The van der Waals surface area contributed by atoms with Crippen LogP contribution in [-0.2, 0) is 9.53 Å². The molecule has 0 aliphatic carbocycles. The average Bonchev–Trinajstić information content (AvgIpc) is 2.52. The summed E-state index contributed by atoms with van der Waals surface area (Å²) in [5, 5.41) is 0. The second-order valence-electron chi connectivity index (χ2n) is 5.88. The fourth-order valence-corrected chi connectivity index (χ4v) is 2.91. The lowest BCUT2D eigenvalue weighted by Gasteiger charge is -2.33. The van der Waals surface area contributed by atoms with E-state index in [1.165, 1.54) is 18.4 Å². The number of hydrogen-bond donors (Lipinski definition) is 0. The molecule has 1 atom stereocenters. The van der Waals surface area contributed by atoms with Gasteiger partial charge in [0.05, 0.1) is 12.2 Å². The zero-order valence-corrected chi connectivity index (χ0v) is 13.3. The molecule has 1 heterocycles. The maximum absolute atomic E-state index is 11.4. The van der Waals surface area contributed by atoms with E-state index in [1.54, 1.807) is 6.92 Å². The fraction of sp³-hybridized carbons (Fsp3) is 0.611. The van der Waals surface area contributed by atoms with E-state index >= 15 is 0 Å². The summed E-state index contributed by atoms with van der Waals surface area (Å²) in [6, 6.07) is 10.5. The first kappa shape index (κ1) is 16.0. The van der Waals surface area contributed by atoms with Crippen molar-refractivity contribution >= 4 is 5.91 Å². The van der Waals surface area contributed by atoms with Crippen LogP contribution in [0, 0.1) is 0 Å². The predicted octanol–water partition coefficient (Wildman–Crippen LogP) is 3.95. The monoisotopic (exact) mass is 289 g/mol. The summed E-state index contributed by atoms with van der Waals surface area (Å²) in [4.78, 5) is 13.3. The summed E-state index contributed by atoms with van der Waals surface area (Å²) in [5.74, 6) is 0.180. The summed E-state index contributed by atoms with van der Waals surface area (Å²) < 4.78 is 6.37. The lowest BCUT2D eigenvalue weighted by Crippen LogP contribution is -2.40. The predicted molar refractivity (Wildman–Crippen MR) is 85.1 cm³/mol. The van der Waals surface area contributed by atoms with Gasteiger partial charge < -0.3 is 9.64 Å². The Morgan fingerprint density at radius 2 is 1.95 bits per heavy atom. The third kappa shape index (κ3) is 4.85. The van der Waals surface area contributed by atoms with E-state index in [4.69, 9.17) is 4.74 Å². The number of rotatable bonds is 6. The molecule has 1 aliphatic rings. The van der Waals surface area contributed by atoms with Gasteiger partial charge in [0, 0.05) is 20.0 Å².